The highest BCUT2D eigenvalue weighted by molar-refractivity contribution is 5.90. The van der Waals surface area contributed by atoms with Crippen molar-refractivity contribution in [2.75, 3.05) is 13.1 Å². The van der Waals surface area contributed by atoms with Crippen molar-refractivity contribution in [3.8, 4) is 0 Å². The summed E-state index contributed by atoms with van der Waals surface area (Å²) in [4.78, 5) is 17.0. The van der Waals surface area contributed by atoms with Crippen LogP contribution in [0.2, 0.25) is 0 Å². The fourth-order valence-corrected chi connectivity index (χ4v) is 3.75. The molecule has 1 aliphatic heterocycles. The number of para-hydroxylation sites is 1. The number of carbonyl (C=O) groups is 1. The summed E-state index contributed by atoms with van der Waals surface area (Å²) in [6, 6.07) is 14.7. The average molecular weight is 361 g/mol. The van der Waals surface area contributed by atoms with Crippen LogP contribution < -0.4 is 5.48 Å². The van der Waals surface area contributed by atoms with Gasteiger partial charge in [0.1, 0.15) is 0 Å². The molecule has 2 aromatic carbocycles. The summed E-state index contributed by atoms with van der Waals surface area (Å²) in [5, 5.41) is 9.87. The Morgan fingerprint density at radius 3 is 3.00 bits per heavy atom. The summed E-state index contributed by atoms with van der Waals surface area (Å²) in [5.74, 6) is -0.517. The van der Waals surface area contributed by atoms with Gasteiger partial charge in [0.15, 0.2) is 0 Å². The minimum atomic E-state index is -0.517. The number of fused-ring (bicyclic) bond motifs is 2. The third-order valence-electron chi connectivity index (χ3n) is 5.23. The lowest BCUT2D eigenvalue weighted by atomic mass is 9.96. The Hall–Kier alpha value is -2.89. The number of rotatable bonds is 5. The second-order valence-electron chi connectivity index (χ2n) is 6.97. The first kappa shape index (κ1) is 17.5. The highest BCUT2D eigenvalue weighted by atomic mass is 16.5. The Labute approximate surface area is 158 Å². The molecular formula is C22H23N3O2. The molecule has 5 heteroatoms. The number of hydrogen-bond acceptors (Lipinski definition) is 3. The smallest absolute Gasteiger partial charge is 0.267 e. The standard InChI is InChI=1S/C22H23N3O2/c26-22(24-27)8-6-16-5-7-19-15-25(11-9-17(19)13-16)12-10-18-14-23-21-4-2-1-3-20(18)21/h1-8,13-14,23,27H,9-12,15H2,(H,24,26). The highest BCUT2D eigenvalue weighted by Crippen LogP contribution is 2.23. The summed E-state index contributed by atoms with van der Waals surface area (Å²) < 4.78 is 0. The SMILES string of the molecule is O=C(C=Cc1ccc2c(c1)CCN(CCc1c[nH]c3ccccc13)C2)NO. The monoisotopic (exact) mass is 361 g/mol. The molecule has 1 aromatic heterocycles. The van der Waals surface area contributed by atoms with Crippen molar-refractivity contribution in [2.45, 2.75) is 19.4 Å². The van der Waals surface area contributed by atoms with E-state index in [0.29, 0.717) is 0 Å². The van der Waals surface area contributed by atoms with Crippen LogP contribution in [0.1, 0.15) is 22.3 Å². The van der Waals surface area contributed by atoms with E-state index in [1.807, 2.05) is 6.07 Å². The first-order chi connectivity index (χ1) is 13.2. The number of nitrogens with one attached hydrogen (secondary N) is 2. The first-order valence-corrected chi connectivity index (χ1v) is 9.24. The number of aromatic nitrogens is 1. The molecular weight excluding hydrogens is 338 g/mol. The Balaban J connectivity index is 1.40. The van der Waals surface area contributed by atoms with Crippen LogP contribution in [0.5, 0.6) is 0 Å². The number of aromatic amines is 1. The van der Waals surface area contributed by atoms with E-state index in [4.69, 9.17) is 5.21 Å². The summed E-state index contributed by atoms with van der Waals surface area (Å²) in [5.41, 5.74) is 7.85. The van der Waals surface area contributed by atoms with Gasteiger partial charge in [0.25, 0.3) is 5.91 Å². The molecule has 4 rings (SSSR count). The van der Waals surface area contributed by atoms with Gasteiger partial charge >= 0.3 is 0 Å². The average Bonchev–Trinajstić information content (AvgIpc) is 3.13. The van der Waals surface area contributed by atoms with Gasteiger partial charge in [-0.05, 0) is 47.2 Å². The molecule has 0 bridgehead atoms. The lowest BCUT2D eigenvalue weighted by Crippen LogP contribution is -2.32. The number of hydrogen-bond donors (Lipinski definition) is 3. The highest BCUT2D eigenvalue weighted by Gasteiger charge is 2.16. The molecule has 0 saturated heterocycles. The van der Waals surface area contributed by atoms with Crippen molar-refractivity contribution < 1.29 is 10.0 Å². The maximum atomic E-state index is 11.1. The van der Waals surface area contributed by atoms with Gasteiger partial charge in [0, 0.05) is 42.8 Å². The molecule has 0 fully saturated rings. The van der Waals surface area contributed by atoms with Crippen LogP contribution in [-0.4, -0.2) is 34.1 Å². The van der Waals surface area contributed by atoms with Crippen molar-refractivity contribution in [3.05, 3.63) is 77.0 Å². The molecule has 0 radical (unpaired) electrons. The Morgan fingerprint density at radius 1 is 1.22 bits per heavy atom. The maximum Gasteiger partial charge on any atom is 0.267 e. The van der Waals surface area contributed by atoms with Crippen LogP contribution in [0.25, 0.3) is 17.0 Å². The van der Waals surface area contributed by atoms with E-state index in [1.54, 1.807) is 11.6 Å². The molecule has 0 atom stereocenters. The van der Waals surface area contributed by atoms with Crippen LogP contribution >= 0.6 is 0 Å². The molecule has 2 heterocycles. The number of benzene rings is 2. The van der Waals surface area contributed by atoms with Crippen LogP contribution in [0.15, 0.2) is 54.7 Å². The fraction of sp³-hybridized carbons (Fsp3) is 0.227. The fourth-order valence-electron chi connectivity index (χ4n) is 3.75. The molecule has 0 aliphatic carbocycles. The third-order valence-corrected chi connectivity index (χ3v) is 5.23. The van der Waals surface area contributed by atoms with Gasteiger partial charge < -0.3 is 4.98 Å². The van der Waals surface area contributed by atoms with Gasteiger partial charge in [-0.15, -0.1) is 0 Å². The topological polar surface area (TPSA) is 68.4 Å². The maximum absolute atomic E-state index is 11.1. The molecule has 138 valence electrons. The number of carbonyl (C=O) groups excluding carboxylic acids is 1. The van der Waals surface area contributed by atoms with Crippen molar-refractivity contribution >= 4 is 22.9 Å². The summed E-state index contributed by atoms with van der Waals surface area (Å²) in [6.45, 7) is 3.04. The third kappa shape index (κ3) is 3.94. The zero-order valence-corrected chi connectivity index (χ0v) is 15.1. The van der Waals surface area contributed by atoms with Gasteiger partial charge in [0.05, 0.1) is 0 Å². The van der Waals surface area contributed by atoms with E-state index in [2.05, 4.69) is 52.5 Å². The summed E-state index contributed by atoms with van der Waals surface area (Å²) >= 11 is 0. The van der Waals surface area contributed by atoms with Crippen LogP contribution in [-0.2, 0) is 24.2 Å². The van der Waals surface area contributed by atoms with E-state index >= 15 is 0 Å². The van der Waals surface area contributed by atoms with Gasteiger partial charge in [-0.2, -0.15) is 0 Å². The molecule has 0 spiro atoms. The minimum Gasteiger partial charge on any atom is -0.361 e. The van der Waals surface area contributed by atoms with Crippen molar-refractivity contribution in [1.82, 2.24) is 15.4 Å². The van der Waals surface area contributed by atoms with Crippen molar-refractivity contribution in [1.29, 1.82) is 0 Å². The summed E-state index contributed by atoms with van der Waals surface area (Å²) in [6.07, 6.45) is 7.23. The van der Waals surface area contributed by atoms with E-state index in [9.17, 15) is 4.79 Å². The predicted molar refractivity (Wildman–Crippen MR) is 106 cm³/mol. The van der Waals surface area contributed by atoms with E-state index < -0.39 is 5.91 Å². The van der Waals surface area contributed by atoms with Crippen LogP contribution in [0.4, 0.5) is 0 Å². The number of nitrogens with zero attached hydrogens (tertiary/aromatic N) is 1. The van der Waals surface area contributed by atoms with Crippen molar-refractivity contribution in [2.24, 2.45) is 0 Å². The second kappa shape index (κ2) is 7.78. The molecule has 1 amide bonds. The van der Waals surface area contributed by atoms with E-state index in [0.717, 1.165) is 38.0 Å². The normalized spacial score (nSPS) is 14.6. The molecule has 0 unspecified atom stereocenters. The zero-order valence-electron chi connectivity index (χ0n) is 15.1. The van der Waals surface area contributed by atoms with Crippen LogP contribution in [0.3, 0.4) is 0 Å². The zero-order chi connectivity index (χ0) is 18.6. The molecule has 1 aliphatic rings. The first-order valence-electron chi connectivity index (χ1n) is 9.24. The number of hydroxylamine groups is 1. The Morgan fingerprint density at radius 2 is 2.11 bits per heavy atom. The number of H-pyrrole nitrogens is 1. The molecule has 5 nitrogen and oxygen atoms in total. The van der Waals surface area contributed by atoms with E-state index in [1.165, 1.54) is 33.7 Å². The molecule has 3 N–H and O–H groups in total. The number of amides is 1. The lowest BCUT2D eigenvalue weighted by Gasteiger charge is -2.29. The quantitative estimate of drug-likeness (QED) is 0.371. The van der Waals surface area contributed by atoms with Gasteiger partial charge in [-0.1, -0.05) is 36.4 Å². The van der Waals surface area contributed by atoms with E-state index in [-0.39, 0.29) is 0 Å². The summed E-state index contributed by atoms with van der Waals surface area (Å²) in [7, 11) is 0. The Kier molecular flexibility index (Phi) is 5.05. The van der Waals surface area contributed by atoms with Crippen LogP contribution in [0, 0.1) is 0 Å². The predicted octanol–water partition coefficient (Wildman–Crippen LogP) is 3.29. The second-order valence-corrected chi connectivity index (χ2v) is 6.97. The van der Waals surface area contributed by atoms with Gasteiger partial charge in [0.2, 0.25) is 0 Å². The molecule has 0 saturated carbocycles. The minimum absolute atomic E-state index is 0.517. The largest absolute Gasteiger partial charge is 0.361 e. The van der Waals surface area contributed by atoms with Gasteiger partial charge in [-0.3, -0.25) is 14.9 Å². The Bertz CT molecular complexity index is 990. The molecule has 3 aromatic rings. The van der Waals surface area contributed by atoms with Crippen molar-refractivity contribution in [3.63, 3.8) is 0 Å². The van der Waals surface area contributed by atoms with Gasteiger partial charge in [-0.25, -0.2) is 5.48 Å². The lowest BCUT2D eigenvalue weighted by molar-refractivity contribution is -0.124. The molecule has 27 heavy (non-hydrogen) atoms.